The molecule has 2 aliphatic carbocycles. The molecule has 0 saturated heterocycles. The van der Waals surface area contributed by atoms with Gasteiger partial charge >= 0.3 is 0 Å². The van der Waals surface area contributed by atoms with Crippen molar-refractivity contribution in [2.45, 2.75) is 57.7 Å². The molecule has 3 rings (SSSR count). The van der Waals surface area contributed by atoms with Crippen LogP contribution >= 0.6 is 0 Å². The molecule has 1 heterocycles. The second-order valence-electron chi connectivity index (χ2n) is 7.65. The Hall–Kier alpha value is -1.66. The number of amides is 1. The maximum atomic E-state index is 12.3. The molecule has 1 amide bonds. The number of aromatic nitrogens is 1. The van der Waals surface area contributed by atoms with Crippen LogP contribution < -0.4 is 10.1 Å². The molecule has 1 aromatic heterocycles. The third-order valence-electron chi connectivity index (χ3n) is 5.48. The van der Waals surface area contributed by atoms with Crippen LogP contribution in [-0.2, 0) is 4.79 Å². The highest BCUT2D eigenvalue weighted by atomic mass is 16.5. The smallest absolute Gasteiger partial charge is 0.223 e. The first kappa shape index (κ1) is 18.1. The quantitative estimate of drug-likeness (QED) is 0.726. The molecule has 2 aliphatic rings. The lowest BCUT2D eigenvalue weighted by atomic mass is 9.86. The maximum absolute atomic E-state index is 12.3. The van der Waals surface area contributed by atoms with Crippen molar-refractivity contribution in [3.63, 3.8) is 0 Å². The van der Waals surface area contributed by atoms with E-state index >= 15 is 0 Å². The minimum atomic E-state index is -0.780. The maximum Gasteiger partial charge on any atom is 0.223 e. The standard InChI is InChI=1S/C19H28N2O4/c1-13-5-4-8-17(21-13)25-12-19(9-15(22)16(23)10-19)11-20-18(24)14-6-2-3-7-14/h4-5,8,14-16,22-23H,2-3,6-7,9-12H2,1H3,(H,20,24)/t15-,16+,19?. The van der Waals surface area contributed by atoms with E-state index < -0.39 is 17.6 Å². The molecule has 3 N–H and O–H groups in total. The van der Waals surface area contributed by atoms with Crippen LogP contribution in [0.5, 0.6) is 5.88 Å². The minimum Gasteiger partial charge on any atom is -0.477 e. The highest BCUT2D eigenvalue weighted by Crippen LogP contribution is 2.39. The van der Waals surface area contributed by atoms with E-state index in [1.165, 1.54) is 0 Å². The van der Waals surface area contributed by atoms with Crippen LogP contribution in [0.2, 0.25) is 0 Å². The van der Waals surface area contributed by atoms with Crippen LogP contribution in [0.15, 0.2) is 18.2 Å². The predicted octanol–water partition coefficient (Wildman–Crippen LogP) is 1.58. The molecule has 2 fully saturated rings. The molecule has 1 aromatic rings. The van der Waals surface area contributed by atoms with Crippen LogP contribution in [-0.4, -0.2) is 46.5 Å². The zero-order valence-electron chi connectivity index (χ0n) is 14.8. The fourth-order valence-electron chi connectivity index (χ4n) is 3.99. The zero-order valence-corrected chi connectivity index (χ0v) is 14.8. The van der Waals surface area contributed by atoms with Gasteiger partial charge in [-0.2, -0.15) is 0 Å². The second kappa shape index (κ2) is 7.70. The minimum absolute atomic E-state index is 0.0847. The molecular formula is C19H28N2O4. The summed E-state index contributed by atoms with van der Waals surface area (Å²) in [5, 5.41) is 23.1. The summed E-state index contributed by atoms with van der Waals surface area (Å²) in [6.07, 6.45) is 3.39. The van der Waals surface area contributed by atoms with Crippen LogP contribution in [0.1, 0.15) is 44.2 Å². The van der Waals surface area contributed by atoms with E-state index in [-0.39, 0.29) is 11.8 Å². The van der Waals surface area contributed by atoms with Gasteiger partial charge in [-0.1, -0.05) is 18.9 Å². The van der Waals surface area contributed by atoms with Crippen molar-refractivity contribution < 1.29 is 19.7 Å². The van der Waals surface area contributed by atoms with Gasteiger partial charge in [0.1, 0.15) is 0 Å². The number of nitrogens with zero attached hydrogens (tertiary/aromatic N) is 1. The van der Waals surface area contributed by atoms with Gasteiger partial charge < -0.3 is 20.3 Å². The molecule has 2 saturated carbocycles. The summed E-state index contributed by atoms with van der Waals surface area (Å²) in [6.45, 7) is 2.61. The van der Waals surface area contributed by atoms with E-state index in [4.69, 9.17) is 4.74 Å². The normalized spacial score (nSPS) is 29.7. The number of hydrogen-bond donors (Lipinski definition) is 3. The van der Waals surface area contributed by atoms with Crippen LogP contribution in [0.4, 0.5) is 0 Å². The topological polar surface area (TPSA) is 91.7 Å². The van der Waals surface area contributed by atoms with Gasteiger partial charge in [0.2, 0.25) is 11.8 Å². The summed E-state index contributed by atoms with van der Waals surface area (Å²) < 4.78 is 5.84. The van der Waals surface area contributed by atoms with E-state index in [1.54, 1.807) is 6.07 Å². The van der Waals surface area contributed by atoms with E-state index in [1.807, 2.05) is 19.1 Å². The number of aryl methyl sites for hydroxylation is 1. The Balaban J connectivity index is 1.62. The molecule has 6 heteroatoms. The molecular weight excluding hydrogens is 320 g/mol. The zero-order chi connectivity index (χ0) is 17.9. The van der Waals surface area contributed by atoms with Gasteiger partial charge in [-0.05, 0) is 38.7 Å². The number of rotatable bonds is 6. The van der Waals surface area contributed by atoms with Gasteiger partial charge in [0.15, 0.2) is 0 Å². The molecule has 25 heavy (non-hydrogen) atoms. The summed E-state index contributed by atoms with van der Waals surface area (Å²) in [4.78, 5) is 16.7. The van der Waals surface area contributed by atoms with Crippen molar-refractivity contribution in [1.29, 1.82) is 0 Å². The first-order chi connectivity index (χ1) is 12.0. The Labute approximate surface area is 148 Å². The van der Waals surface area contributed by atoms with Crippen molar-refractivity contribution in [2.75, 3.05) is 13.2 Å². The summed E-state index contributed by atoms with van der Waals surface area (Å²) in [6, 6.07) is 5.57. The van der Waals surface area contributed by atoms with Gasteiger partial charge in [0, 0.05) is 29.6 Å². The molecule has 6 nitrogen and oxygen atoms in total. The van der Waals surface area contributed by atoms with Crippen LogP contribution in [0.25, 0.3) is 0 Å². The molecule has 0 aromatic carbocycles. The number of ether oxygens (including phenoxy) is 1. The SMILES string of the molecule is Cc1cccc(OCC2(CNC(=O)C3CCCC3)C[C@@H](O)[C@@H](O)C2)n1. The molecule has 0 spiro atoms. The molecule has 0 aliphatic heterocycles. The van der Waals surface area contributed by atoms with E-state index in [0.717, 1.165) is 31.4 Å². The summed E-state index contributed by atoms with van der Waals surface area (Å²) >= 11 is 0. The molecule has 0 radical (unpaired) electrons. The first-order valence-corrected chi connectivity index (χ1v) is 9.18. The average Bonchev–Trinajstić information content (AvgIpc) is 3.21. The Morgan fingerprint density at radius 2 is 1.96 bits per heavy atom. The summed E-state index contributed by atoms with van der Waals surface area (Å²) in [5.74, 6) is 0.714. The Kier molecular flexibility index (Phi) is 5.59. The van der Waals surface area contributed by atoms with Gasteiger partial charge in [0.05, 0.1) is 18.8 Å². The predicted molar refractivity (Wildman–Crippen MR) is 93.1 cm³/mol. The van der Waals surface area contributed by atoms with Crippen molar-refractivity contribution in [1.82, 2.24) is 10.3 Å². The monoisotopic (exact) mass is 348 g/mol. The number of aliphatic hydroxyl groups excluding tert-OH is 2. The van der Waals surface area contributed by atoms with E-state index in [2.05, 4.69) is 10.3 Å². The third-order valence-corrected chi connectivity index (χ3v) is 5.48. The highest BCUT2D eigenvalue weighted by molar-refractivity contribution is 5.78. The number of aliphatic hydroxyl groups is 2. The second-order valence-corrected chi connectivity index (χ2v) is 7.65. The lowest BCUT2D eigenvalue weighted by Crippen LogP contribution is -2.42. The van der Waals surface area contributed by atoms with Gasteiger partial charge in [-0.15, -0.1) is 0 Å². The Morgan fingerprint density at radius 3 is 2.60 bits per heavy atom. The van der Waals surface area contributed by atoms with Crippen LogP contribution in [0.3, 0.4) is 0 Å². The third kappa shape index (κ3) is 4.50. The summed E-state index contributed by atoms with van der Waals surface area (Å²) in [7, 11) is 0. The lowest BCUT2D eigenvalue weighted by molar-refractivity contribution is -0.125. The Morgan fingerprint density at radius 1 is 1.28 bits per heavy atom. The Bertz CT molecular complexity index is 591. The number of carbonyl (C=O) groups is 1. The fourth-order valence-corrected chi connectivity index (χ4v) is 3.99. The van der Waals surface area contributed by atoms with Crippen molar-refractivity contribution in [3.05, 3.63) is 23.9 Å². The van der Waals surface area contributed by atoms with Crippen molar-refractivity contribution in [3.8, 4) is 5.88 Å². The van der Waals surface area contributed by atoms with Gasteiger partial charge in [0.25, 0.3) is 0 Å². The highest BCUT2D eigenvalue weighted by Gasteiger charge is 2.45. The average molecular weight is 348 g/mol. The van der Waals surface area contributed by atoms with E-state index in [9.17, 15) is 15.0 Å². The van der Waals surface area contributed by atoms with Crippen LogP contribution in [0, 0.1) is 18.3 Å². The fraction of sp³-hybridized carbons (Fsp3) is 0.684. The number of hydrogen-bond acceptors (Lipinski definition) is 5. The molecule has 1 unspecified atom stereocenters. The van der Waals surface area contributed by atoms with Crippen molar-refractivity contribution in [2.24, 2.45) is 11.3 Å². The summed E-state index contributed by atoms with van der Waals surface area (Å²) in [5.41, 5.74) is 0.394. The number of carbonyl (C=O) groups excluding carboxylic acids is 1. The van der Waals surface area contributed by atoms with Gasteiger partial charge in [-0.25, -0.2) is 4.98 Å². The molecule has 138 valence electrons. The molecule has 0 bridgehead atoms. The first-order valence-electron chi connectivity index (χ1n) is 9.18. The number of nitrogens with one attached hydrogen (secondary N) is 1. The lowest BCUT2D eigenvalue weighted by Gasteiger charge is -2.29. The van der Waals surface area contributed by atoms with Crippen molar-refractivity contribution >= 4 is 5.91 Å². The van der Waals surface area contributed by atoms with E-state index in [0.29, 0.717) is 31.9 Å². The molecule has 3 atom stereocenters. The van der Waals surface area contributed by atoms with Gasteiger partial charge in [-0.3, -0.25) is 4.79 Å². The number of pyridine rings is 1. The largest absolute Gasteiger partial charge is 0.477 e.